The molecule has 0 saturated heterocycles. The zero-order valence-corrected chi connectivity index (χ0v) is 10.8. The molecule has 1 amide bonds. The first-order chi connectivity index (χ1) is 8.81. The molecule has 3 nitrogen and oxygen atoms in total. The SMILES string of the molecule is Cc1ccc(C(F)(F)F)cc1N(CC=O)C(=O)CCl. The number of carbonyl (C=O) groups excluding carboxylic acids is 2. The summed E-state index contributed by atoms with van der Waals surface area (Å²) in [5.74, 6) is -1.04. The van der Waals surface area contributed by atoms with Gasteiger partial charge >= 0.3 is 6.18 Å². The molecular formula is C12H11ClF3NO2. The van der Waals surface area contributed by atoms with Crippen molar-refractivity contribution in [3.05, 3.63) is 29.3 Å². The number of hydrogen-bond donors (Lipinski definition) is 0. The van der Waals surface area contributed by atoms with Gasteiger partial charge in [-0.05, 0) is 24.6 Å². The number of halogens is 4. The number of benzene rings is 1. The molecule has 1 rings (SSSR count). The van der Waals surface area contributed by atoms with Gasteiger partial charge in [0.15, 0.2) is 0 Å². The fourth-order valence-electron chi connectivity index (χ4n) is 1.56. The van der Waals surface area contributed by atoms with Crippen molar-refractivity contribution in [2.45, 2.75) is 13.1 Å². The Balaban J connectivity index is 3.29. The van der Waals surface area contributed by atoms with E-state index in [1.807, 2.05) is 0 Å². The third kappa shape index (κ3) is 3.70. The van der Waals surface area contributed by atoms with E-state index in [1.165, 1.54) is 6.07 Å². The van der Waals surface area contributed by atoms with Crippen LogP contribution in [0, 0.1) is 6.92 Å². The summed E-state index contributed by atoms with van der Waals surface area (Å²) in [7, 11) is 0. The largest absolute Gasteiger partial charge is 0.416 e. The predicted octanol–water partition coefficient (Wildman–Crippen LogP) is 2.78. The zero-order valence-electron chi connectivity index (χ0n) is 10.00. The van der Waals surface area contributed by atoms with Crippen LogP contribution in [0.15, 0.2) is 18.2 Å². The Morgan fingerprint density at radius 1 is 1.42 bits per heavy atom. The van der Waals surface area contributed by atoms with E-state index < -0.39 is 23.5 Å². The number of amides is 1. The summed E-state index contributed by atoms with van der Waals surface area (Å²) >= 11 is 5.39. The first-order valence-electron chi connectivity index (χ1n) is 5.29. The molecule has 0 unspecified atom stereocenters. The van der Waals surface area contributed by atoms with E-state index in [0.29, 0.717) is 11.8 Å². The van der Waals surface area contributed by atoms with E-state index in [1.54, 1.807) is 6.92 Å². The van der Waals surface area contributed by atoms with Crippen molar-refractivity contribution in [1.82, 2.24) is 0 Å². The van der Waals surface area contributed by atoms with Gasteiger partial charge in [-0.3, -0.25) is 4.79 Å². The lowest BCUT2D eigenvalue weighted by Crippen LogP contribution is -2.34. The lowest BCUT2D eigenvalue weighted by molar-refractivity contribution is -0.137. The van der Waals surface area contributed by atoms with Crippen molar-refractivity contribution in [3.63, 3.8) is 0 Å². The van der Waals surface area contributed by atoms with Crippen LogP contribution >= 0.6 is 11.6 Å². The molecule has 0 bridgehead atoms. The Morgan fingerprint density at radius 3 is 2.53 bits per heavy atom. The van der Waals surface area contributed by atoms with E-state index in [0.717, 1.165) is 17.0 Å². The number of hydrogen-bond acceptors (Lipinski definition) is 2. The lowest BCUT2D eigenvalue weighted by Gasteiger charge is -2.22. The van der Waals surface area contributed by atoms with Gasteiger partial charge < -0.3 is 9.69 Å². The number of carbonyl (C=O) groups is 2. The molecule has 0 fully saturated rings. The highest BCUT2D eigenvalue weighted by atomic mass is 35.5. The van der Waals surface area contributed by atoms with Gasteiger partial charge in [0.1, 0.15) is 12.2 Å². The van der Waals surface area contributed by atoms with Crippen LogP contribution < -0.4 is 4.90 Å². The van der Waals surface area contributed by atoms with Gasteiger partial charge in [-0.1, -0.05) is 6.07 Å². The molecule has 0 aliphatic heterocycles. The van der Waals surface area contributed by atoms with Crippen LogP contribution in [0.25, 0.3) is 0 Å². The molecule has 0 heterocycles. The highest BCUT2D eigenvalue weighted by molar-refractivity contribution is 6.29. The topological polar surface area (TPSA) is 37.4 Å². The standard InChI is InChI=1S/C12H11ClF3NO2/c1-8-2-3-9(12(14,15)16)6-10(8)17(4-5-18)11(19)7-13/h2-3,5-6H,4,7H2,1H3. The maximum atomic E-state index is 12.6. The Labute approximate surface area is 113 Å². The number of aldehydes is 1. The van der Waals surface area contributed by atoms with Crippen molar-refractivity contribution in [2.24, 2.45) is 0 Å². The molecule has 104 valence electrons. The third-order valence-electron chi connectivity index (χ3n) is 2.50. The first kappa shape index (κ1) is 15.5. The van der Waals surface area contributed by atoms with Crippen LogP contribution in [-0.4, -0.2) is 24.6 Å². The molecule has 0 spiro atoms. The van der Waals surface area contributed by atoms with Crippen molar-refractivity contribution >= 4 is 29.5 Å². The van der Waals surface area contributed by atoms with Gasteiger partial charge in [0.05, 0.1) is 12.1 Å². The summed E-state index contributed by atoms with van der Waals surface area (Å²) in [6.45, 7) is 1.21. The van der Waals surface area contributed by atoms with Gasteiger partial charge in [0.25, 0.3) is 0 Å². The monoisotopic (exact) mass is 293 g/mol. The van der Waals surface area contributed by atoms with E-state index in [-0.39, 0.29) is 12.2 Å². The highest BCUT2D eigenvalue weighted by Crippen LogP contribution is 2.33. The van der Waals surface area contributed by atoms with Gasteiger partial charge in [0, 0.05) is 5.69 Å². The molecule has 1 aromatic carbocycles. The second-order valence-corrected chi connectivity index (χ2v) is 4.07. The van der Waals surface area contributed by atoms with Gasteiger partial charge in [-0.25, -0.2) is 0 Å². The Kier molecular flexibility index (Phi) is 4.94. The van der Waals surface area contributed by atoms with Crippen molar-refractivity contribution in [3.8, 4) is 0 Å². The summed E-state index contributed by atoms with van der Waals surface area (Å²) < 4.78 is 37.9. The number of alkyl halides is 4. The van der Waals surface area contributed by atoms with Gasteiger partial charge in [-0.15, -0.1) is 11.6 Å². The fourth-order valence-corrected chi connectivity index (χ4v) is 1.70. The number of nitrogens with zero attached hydrogens (tertiary/aromatic N) is 1. The normalized spacial score (nSPS) is 11.2. The van der Waals surface area contributed by atoms with Crippen molar-refractivity contribution < 1.29 is 22.8 Å². The van der Waals surface area contributed by atoms with Crippen LogP contribution in [-0.2, 0) is 15.8 Å². The average molecular weight is 294 g/mol. The minimum atomic E-state index is -4.51. The van der Waals surface area contributed by atoms with Gasteiger partial charge in [-0.2, -0.15) is 13.2 Å². The smallest absolute Gasteiger partial charge is 0.304 e. The quantitative estimate of drug-likeness (QED) is 0.632. The molecule has 0 saturated carbocycles. The van der Waals surface area contributed by atoms with E-state index >= 15 is 0 Å². The van der Waals surface area contributed by atoms with Crippen molar-refractivity contribution in [2.75, 3.05) is 17.3 Å². The minimum Gasteiger partial charge on any atom is -0.304 e. The summed E-state index contributed by atoms with van der Waals surface area (Å²) in [5, 5.41) is 0. The van der Waals surface area contributed by atoms with Crippen LogP contribution in [0.2, 0.25) is 0 Å². The molecule has 7 heteroatoms. The Hall–Kier alpha value is -1.56. The van der Waals surface area contributed by atoms with E-state index in [4.69, 9.17) is 11.6 Å². The average Bonchev–Trinajstić information content (AvgIpc) is 2.34. The second kappa shape index (κ2) is 6.06. The molecule has 0 aliphatic carbocycles. The molecule has 0 N–H and O–H groups in total. The summed E-state index contributed by atoms with van der Waals surface area (Å²) in [6.07, 6.45) is -4.08. The molecule has 0 aromatic heterocycles. The molecule has 0 aliphatic rings. The van der Waals surface area contributed by atoms with E-state index in [9.17, 15) is 22.8 Å². The highest BCUT2D eigenvalue weighted by Gasteiger charge is 2.31. The van der Waals surface area contributed by atoms with Crippen LogP contribution in [0.4, 0.5) is 18.9 Å². The lowest BCUT2D eigenvalue weighted by atomic mass is 10.1. The molecule has 0 radical (unpaired) electrons. The minimum absolute atomic E-state index is 0.0348. The number of aryl methyl sites for hydroxylation is 1. The molecular weight excluding hydrogens is 283 g/mol. The second-order valence-electron chi connectivity index (χ2n) is 3.80. The number of anilines is 1. The molecule has 1 aromatic rings. The van der Waals surface area contributed by atoms with E-state index in [2.05, 4.69) is 0 Å². The molecule has 19 heavy (non-hydrogen) atoms. The fraction of sp³-hybridized carbons (Fsp3) is 0.333. The van der Waals surface area contributed by atoms with Crippen molar-refractivity contribution in [1.29, 1.82) is 0 Å². The summed E-state index contributed by atoms with van der Waals surface area (Å²) in [5.41, 5.74) is -0.396. The predicted molar refractivity (Wildman–Crippen MR) is 65.3 cm³/mol. The number of rotatable bonds is 4. The first-order valence-corrected chi connectivity index (χ1v) is 5.82. The Bertz CT molecular complexity index is 488. The van der Waals surface area contributed by atoms with Crippen LogP contribution in [0.3, 0.4) is 0 Å². The maximum absolute atomic E-state index is 12.6. The van der Waals surface area contributed by atoms with Gasteiger partial charge in [0.2, 0.25) is 5.91 Å². The molecule has 0 atom stereocenters. The third-order valence-corrected chi connectivity index (χ3v) is 2.73. The summed E-state index contributed by atoms with van der Waals surface area (Å²) in [6, 6.07) is 3.00. The maximum Gasteiger partial charge on any atom is 0.416 e. The van der Waals surface area contributed by atoms with Crippen LogP contribution in [0.1, 0.15) is 11.1 Å². The van der Waals surface area contributed by atoms with Crippen LogP contribution in [0.5, 0.6) is 0 Å². The Morgan fingerprint density at radius 2 is 2.05 bits per heavy atom. The zero-order chi connectivity index (χ0) is 14.6. The summed E-state index contributed by atoms with van der Waals surface area (Å²) in [4.78, 5) is 23.0.